The summed E-state index contributed by atoms with van der Waals surface area (Å²) in [5.41, 5.74) is 2.06. The molecule has 10 nitrogen and oxygen atoms in total. The van der Waals surface area contributed by atoms with Gasteiger partial charge in [-0.25, -0.2) is 9.97 Å². The molecule has 1 amide bonds. The van der Waals surface area contributed by atoms with Gasteiger partial charge in [-0.15, -0.1) is 0 Å². The Hall–Kier alpha value is -3.58. The molecule has 10 heteroatoms. The minimum Gasteiger partial charge on any atom is -0.346 e. The quantitative estimate of drug-likeness (QED) is 0.376. The molecule has 0 spiro atoms. The molecule has 0 aromatic carbocycles. The third kappa shape index (κ3) is 4.31. The minimum absolute atomic E-state index is 0.110. The van der Waals surface area contributed by atoms with Gasteiger partial charge in [0.25, 0.3) is 0 Å². The summed E-state index contributed by atoms with van der Waals surface area (Å²) in [7, 11) is 0. The van der Waals surface area contributed by atoms with Crippen molar-refractivity contribution in [3.8, 4) is 17.3 Å². The van der Waals surface area contributed by atoms with Gasteiger partial charge >= 0.3 is 0 Å². The summed E-state index contributed by atoms with van der Waals surface area (Å²) in [5.74, 6) is 0.450. The lowest BCUT2D eigenvalue weighted by molar-refractivity contribution is -0.135. The van der Waals surface area contributed by atoms with E-state index in [4.69, 9.17) is 5.10 Å². The molecule has 2 saturated carbocycles. The first-order valence-corrected chi connectivity index (χ1v) is 13.3. The Morgan fingerprint density at radius 1 is 1.24 bits per heavy atom. The molecule has 0 bridgehead atoms. The van der Waals surface area contributed by atoms with Gasteiger partial charge in [-0.3, -0.25) is 14.8 Å². The van der Waals surface area contributed by atoms with Crippen molar-refractivity contribution < 1.29 is 9.59 Å². The number of fused-ring (bicyclic) bond motifs is 2. The van der Waals surface area contributed by atoms with Crippen LogP contribution in [-0.2, 0) is 15.1 Å². The van der Waals surface area contributed by atoms with Crippen molar-refractivity contribution in [2.75, 3.05) is 13.1 Å². The number of carbonyl (C=O) groups excluding carboxylic acids is 2. The molecule has 37 heavy (non-hydrogen) atoms. The van der Waals surface area contributed by atoms with Gasteiger partial charge < -0.3 is 14.7 Å². The van der Waals surface area contributed by atoms with Crippen LogP contribution in [0.15, 0.2) is 31.0 Å². The van der Waals surface area contributed by atoms with E-state index in [-0.39, 0.29) is 23.8 Å². The standard InChI is InChI=1S/C27H32N8O2/c28-8-7-27(35-15-20(12-32-35)24-22-6-9-29-25(22)31-17-30-24)10-18-13-34(14-19(18)11-27)26(37)23(16-36)33-21-4-2-1-3-5-21/h6,9,12,15-19,21,23,33H,1-5,7,10-11,13-14H2,(H,29,30,31)/t18-,19+,23?,27?. The fourth-order valence-electron chi connectivity index (χ4n) is 6.90. The second-order valence-corrected chi connectivity index (χ2v) is 11.0. The Morgan fingerprint density at radius 2 is 2.03 bits per heavy atom. The predicted molar refractivity (Wildman–Crippen MR) is 136 cm³/mol. The fourth-order valence-corrected chi connectivity index (χ4v) is 6.90. The molecule has 2 N–H and O–H groups in total. The smallest absolute Gasteiger partial charge is 0.247 e. The highest BCUT2D eigenvalue weighted by atomic mass is 16.2. The first-order valence-electron chi connectivity index (χ1n) is 13.3. The van der Waals surface area contributed by atoms with Crippen LogP contribution in [0.1, 0.15) is 51.4 Å². The lowest BCUT2D eigenvalue weighted by Crippen LogP contribution is -2.51. The molecule has 2 unspecified atom stereocenters. The largest absolute Gasteiger partial charge is 0.346 e. The monoisotopic (exact) mass is 500 g/mol. The Morgan fingerprint density at radius 3 is 2.76 bits per heavy atom. The third-order valence-electron chi connectivity index (χ3n) is 8.70. The number of likely N-dealkylation sites (tertiary alicyclic amines) is 1. The van der Waals surface area contributed by atoms with Crippen molar-refractivity contribution in [1.29, 1.82) is 5.26 Å². The van der Waals surface area contributed by atoms with E-state index in [9.17, 15) is 14.9 Å². The van der Waals surface area contributed by atoms with Crippen molar-refractivity contribution in [3.05, 3.63) is 31.0 Å². The number of rotatable bonds is 7. The lowest BCUT2D eigenvalue weighted by atomic mass is 9.92. The molecule has 6 rings (SSSR count). The maximum Gasteiger partial charge on any atom is 0.247 e. The Labute approximate surface area is 215 Å². The minimum atomic E-state index is -0.766. The predicted octanol–water partition coefficient (Wildman–Crippen LogP) is 2.79. The molecular weight excluding hydrogens is 468 g/mol. The topological polar surface area (TPSA) is 133 Å². The highest BCUT2D eigenvalue weighted by molar-refractivity contribution is 5.96. The molecule has 3 aromatic rings. The van der Waals surface area contributed by atoms with E-state index < -0.39 is 11.6 Å². The van der Waals surface area contributed by atoms with Gasteiger partial charge in [0, 0.05) is 42.5 Å². The van der Waals surface area contributed by atoms with E-state index in [2.05, 4.69) is 26.3 Å². The molecular formula is C27H32N8O2. The number of aldehydes is 1. The summed E-state index contributed by atoms with van der Waals surface area (Å²) in [6.45, 7) is 1.24. The van der Waals surface area contributed by atoms with E-state index in [0.717, 1.165) is 67.1 Å². The van der Waals surface area contributed by atoms with Crippen LogP contribution < -0.4 is 5.32 Å². The van der Waals surface area contributed by atoms with E-state index in [1.165, 1.54) is 12.7 Å². The average Bonchev–Trinajstić information content (AvgIpc) is 3.70. The molecule has 1 saturated heterocycles. The Balaban J connectivity index is 1.17. The SMILES string of the molecule is N#CCC1(n2cc(-c3ncnc4[nH]ccc34)cn2)C[C@H]2CN(C(=O)C(C=O)NC3CCCCC3)C[C@H]2C1. The van der Waals surface area contributed by atoms with Gasteiger partial charge in [0.1, 0.15) is 24.3 Å². The summed E-state index contributed by atoms with van der Waals surface area (Å²) in [5, 5.41) is 18.7. The molecule has 3 aliphatic rings. The molecule has 2 aliphatic carbocycles. The van der Waals surface area contributed by atoms with Crippen molar-refractivity contribution in [2.24, 2.45) is 11.8 Å². The fraction of sp³-hybridized carbons (Fsp3) is 0.556. The highest BCUT2D eigenvalue weighted by Gasteiger charge is 2.52. The molecule has 3 fully saturated rings. The van der Waals surface area contributed by atoms with Gasteiger partial charge in [0.2, 0.25) is 5.91 Å². The van der Waals surface area contributed by atoms with E-state index in [1.807, 2.05) is 34.2 Å². The second-order valence-electron chi connectivity index (χ2n) is 11.0. The van der Waals surface area contributed by atoms with Crippen molar-refractivity contribution in [2.45, 2.75) is 69.0 Å². The number of H-pyrrole nitrogens is 1. The van der Waals surface area contributed by atoms with Crippen LogP contribution in [0.4, 0.5) is 0 Å². The van der Waals surface area contributed by atoms with Gasteiger partial charge in [0.15, 0.2) is 0 Å². The lowest BCUT2D eigenvalue weighted by Gasteiger charge is -2.31. The molecule has 0 radical (unpaired) electrons. The number of nitrogens with one attached hydrogen (secondary N) is 2. The van der Waals surface area contributed by atoms with E-state index >= 15 is 0 Å². The number of amides is 1. The van der Waals surface area contributed by atoms with E-state index in [0.29, 0.717) is 19.5 Å². The van der Waals surface area contributed by atoms with Crippen molar-refractivity contribution in [3.63, 3.8) is 0 Å². The summed E-state index contributed by atoms with van der Waals surface area (Å²) < 4.78 is 1.95. The number of nitriles is 1. The third-order valence-corrected chi connectivity index (χ3v) is 8.70. The zero-order valence-electron chi connectivity index (χ0n) is 20.8. The van der Waals surface area contributed by atoms with Crippen LogP contribution in [0.5, 0.6) is 0 Å². The highest BCUT2D eigenvalue weighted by Crippen LogP contribution is 2.49. The Kier molecular flexibility index (Phi) is 6.24. The maximum absolute atomic E-state index is 13.2. The summed E-state index contributed by atoms with van der Waals surface area (Å²) in [6, 6.07) is 3.82. The van der Waals surface area contributed by atoms with Crippen LogP contribution in [0, 0.1) is 23.2 Å². The maximum atomic E-state index is 13.2. The van der Waals surface area contributed by atoms with Crippen LogP contribution in [-0.4, -0.2) is 67.0 Å². The number of aromatic nitrogens is 5. The van der Waals surface area contributed by atoms with Crippen LogP contribution >= 0.6 is 0 Å². The summed E-state index contributed by atoms with van der Waals surface area (Å²) in [4.78, 5) is 38.8. The van der Waals surface area contributed by atoms with Crippen LogP contribution in [0.3, 0.4) is 0 Å². The van der Waals surface area contributed by atoms with Crippen molar-refractivity contribution in [1.82, 2.24) is 34.9 Å². The normalized spacial score (nSPS) is 26.7. The van der Waals surface area contributed by atoms with Gasteiger partial charge in [0.05, 0.1) is 29.9 Å². The zero-order valence-corrected chi connectivity index (χ0v) is 20.8. The number of carbonyl (C=O) groups is 2. The molecule has 4 atom stereocenters. The van der Waals surface area contributed by atoms with Gasteiger partial charge in [-0.1, -0.05) is 19.3 Å². The molecule has 1 aliphatic heterocycles. The molecule has 4 heterocycles. The van der Waals surface area contributed by atoms with Gasteiger partial charge in [-0.05, 0) is 43.6 Å². The second kappa shape index (κ2) is 9.71. The number of hydrogen-bond donors (Lipinski definition) is 2. The van der Waals surface area contributed by atoms with Crippen LogP contribution in [0.25, 0.3) is 22.3 Å². The van der Waals surface area contributed by atoms with Crippen LogP contribution in [0.2, 0.25) is 0 Å². The first kappa shape index (κ1) is 23.8. The first-order chi connectivity index (χ1) is 18.1. The number of hydrogen-bond acceptors (Lipinski definition) is 7. The molecule has 192 valence electrons. The number of aromatic amines is 1. The Bertz CT molecular complexity index is 1320. The summed E-state index contributed by atoms with van der Waals surface area (Å²) in [6.07, 6.45) is 15.4. The molecule has 3 aromatic heterocycles. The number of nitrogens with zero attached hydrogens (tertiary/aromatic N) is 6. The van der Waals surface area contributed by atoms with Gasteiger partial charge in [-0.2, -0.15) is 10.4 Å². The summed E-state index contributed by atoms with van der Waals surface area (Å²) >= 11 is 0. The zero-order chi connectivity index (χ0) is 25.4. The van der Waals surface area contributed by atoms with Crippen molar-refractivity contribution >= 4 is 23.2 Å². The average molecular weight is 501 g/mol. The van der Waals surface area contributed by atoms with E-state index in [1.54, 1.807) is 0 Å².